The van der Waals surface area contributed by atoms with E-state index in [-0.39, 0.29) is 11.9 Å². The Morgan fingerprint density at radius 3 is 2.94 bits per heavy atom. The van der Waals surface area contributed by atoms with Gasteiger partial charge in [0.15, 0.2) is 0 Å². The second kappa shape index (κ2) is 4.49. The summed E-state index contributed by atoms with van der Waals surface area (Å²) in [6.45, 7) is 4.02. The van der Waals surface area contributed by atoms with E-state index in [1.165, 1.54) is 0 Å². The van der Waals surface area contributed by atoms with E-state index in [1.807, 2.05) is 38.1 Å². The number of nitrogens with two attached hydrogens (primary N) is 1. The molecule has 0 aliphatic heterocycles. The molecule has 0 saturated heterocycles. The van der Waals surface area contributed by atoms with Crippen molar-refractivity contribution < 1.29 is 4.79 Å². The van der Waals surface area contributed by atoms with Crippen LogP contribution in [0.3, 0.4) is 0 Å². The van der Waals surface area contributed by atoms with Crippen molar-refractivity contribution in [1.82, 2.24) is 10.3 Å². The minimum absolute atomic E-state index is 0.0749. The van der Waals surface area contributed by atoms with Crippen molar-refractivity contribution in [3.8, 4) is 0 Å². The average molecular weight is 231 g/mol. The van der Waals surface area contributed by atoms with E-state index in [9.17, 15) is 4.79 Å². The molecule has 1 aromatic heterocycles. The molecule has 0 fully saturated rings. The molecule has 1 heterocycles. The fourth-order valence-corrected chi connectivity index (χ4v) is 1.68. The van der Waals surface area contributed by atoms with Crippen LogP contribution in [0.1, 0.15) is 30.8 Å². The molecule has 17 heavy (non-hydrogen) atoms. The Kier molecular flexibility index (Phi) is 3.04. The minimum atomic E-state index is -0.0749. The molecular formula is C13H17N3O. The molecule has 0 spiro atoms. The molecule has 2 rings (SSSR count). The van der Waals surface area contributed by atoms with Gasteiger partial charge in [-0.15, -0.1) is 0 Å². The van der Waals surface area contributed by atoms with Gasteiger partial charge >= 0.3 is 0 Å². The summed E-state index contributed by atoms with van der Waals surface area (Å²) in [5, 5.41) is 3.88. The third-order valence-corrected chi connectivity index (χ3v) is 2.88. The number of aromatic nitrogens is 1. The molecule has 0 aliphatic carbocycles. The number of carbonyl (C=O) groups is 1. The molecular weight excluding hydrogens is 214 g/mol. The van der Waals surface area contributed by atoms with E-state index >= 15 is 0 Å². The first-order chi connectivity index (χ1) is 8.10. The van der Waals surface area contributed by atoms with Crippen LogP contribution in [-0.4, -0.2) is 16.9 Å². The van der Waals surface area contributed by atoms with E-state index in [0.717, 1.165) is 17.3 Å². The van der Waals surface area contributed by atoms with Crippen LogP contribution in [0.2, 0.25) is 0 Å². The Morgan fingerprint density at radius 2 is 2.24 bits per heavy atom. The van der Waals surface area contributed by atoms with Gasteiger partial charge < -0.3 is 16.0 Å². The Labute approximate surface area is 100 Å². The number of anilines is 1. The number of H-pyrrole nitrogens is 1. The second-order valence-corrected chi connectivity index (χ2v) is 4.31. The van der Waals surface area contributed by atoms with Crippen molar-refractivity contribution in [2.24, 2.45) is 0 Å². The lowest BCUT2D eigenvalue weighted by atomic mass is 10.2. The van der Waals surface area contributed by atoms with Gasteiger partial charge in [0.05, 0.1) is 0 Å². The average Bonchev–Trinajstić information content (AvgIpc) is 2.71. The molecule has 4 nitrogen and oxygen atoms in total. The highest BCUT2D eigenvalue weighted by atomic mass is 16.1. The summed E-state index contributed by atoms with van der Waals surface area (Å²) in [4.78, 5) is 15.0. The van der Waals surface area contributed by atoms with Crippen molar-refractivity contribution >= 4 is 22.5 Å². The number of rotatable bonds is 3. The molecule has 0 radical (unpaired) electrons. The highest BCUT2D eigenvalue weighted by Crippen LogP contribution is 2.18. The van der Waals surface area contributed by atoms with Crippen LogP contribution in [0, 0.1) is 0 Å². The first-order valence-corrected chi connectivity index (χ1v) is 5.79. The predicted molar refractivity (Wildman–Crippen MR) is 69.9 cm³/mol. The van der Waals surface area contributed by atoms with E-state index in [2.05, 4.69) is 10.3 Å². The fraction of sp³-hybridized carbons (Fsp3) is 0.308. The van der Waals surface area contributed by atoms with E-state index < -0.39 is 0 Å². The number of carbonyl (C=O) groups excluding carboxylic acids is 1. The summed E-state index contributed by atoms with van der Waals surface area (Å²) in [6.07, 6.45) is 0.916. The number of amides is 1. The Balaban J connectivity index is 2.27. The maximum Gasteiger partial charge on any atom is 0.267 e. The van der Waals surface area contributed by atoms with Crippen LogP contribution in [0.5, 0.6) is 0 Å². The number of hydrogen-bond acceptors (Lipinski definition) is 2. The Bertz CT molecular complexity index is 545. The lowest BCUT2D eigenvalue weighted by molar-refractivity contribution is 0.0935. The van der Waals surface area contributed by atoms with Gasteiger partial charge in [0.2, 0.25) is 0 Å². The summed E-state index contributed by atoms with van der Waals surface area (Å²) in [6, 6.07) is 7.55. The minimum Gasteiger partial charge on any atom is -0.399 e. The summed E-state index contributed by atoms with van der Waals surface area (Å²) in [5.74, 6) is -0.0749. The molecule has 1 atom stereocenters. The molecule has 1 unspecified atom stereocenters. The Morgan fingerprint density at radius 1 is 1.47 bits per heavy atom. The normalized spacial score (nSPS) is 12.6. The number of fused-ring (bicyclic) bond motifs is 1. The zero-order valence-electron chi connectivity index (χ0n) is 10.1. The van der Waals surface area contributed by atoms with Crippen molar-refractivity contribution in [3.05, 3.63) is 30.0 Å². The SMILES string of the molecule is CCC(C)NC(=O)c1cc2cc(N)ccc2[nH]1. The van der Waals surface area contributed by atoms with Crippen LogP contribution in [0.4, 0.5) is 5.69 Å². The van der Waals surface area contributed by atoms with Gasteiger partial charge in [-0.3, -0.25) is 4.79 Å². The quantitative estimate of drug-likeness (QED) is 0.709. The molecule has 1 aromatic carbocycles. The van der Waals surface area contributed by atoms with Crippen molar-refractivity contribution in [2.75, 3.05) is 5.73 Å². The highest BCUT2D eigenvalue weighted by molar-refractivity contribution is 5.98. The van der Waals surface area contributed by atoms with Gasteiger partial charge in [0.25, 0.3) is 5.91 Å². The third-order valence-electron chi connectivity index (χ3n) is 2.88. The first kappa shape index (κ1) is 11.5. The second-order valence-electron chi connectivity index (χ2n) is 4.31. The van der Waals surface area contributed by atoms with E-state index in [4.69, 9.17) is 5.73 Å². The van der Waals surface area contributed by atoms with E-state index in [0.29, 0.717) is 11.4 Å². The molecule has 0 aliphatic rings. The summed E-state index contributed by atoms with van der Waals surface area (Å²) >= 11 is 0. The molecule has 0 saturated carbocycles. The summed E-state index contributed by atoms with van der Waals surface area (Å²) in [7, 11) is 0. The number of nitrogens with one attached hydrogen (secondary N) is 2. The van der Waals surface area contributed by atoms with Gasteiger partial charge in [-0.1, -0.05) is 6.92 Å². The van der Waals surface area contributed by atoms with Crippen LogP contribution in [-0.2, 0) is 0 Å². The smallest absolute Gasteiger partial charge is 0.267 e. The van der Waals surface area contributed by atoms with Crippen LogP contribution >= 0.6 is 0 Å². The standard InChI is InChI=1S/C13H17N3O/c1-3-8(2)15-13(17)12-7-9-6-10(14)4-5-11(9)16-12/h4-8,16H,3,14H2,1-2H3,(H,15,17). The monoisotopic (exact) mass is 231 g/mol. The van der Waals surface area contributed by atoms with Gasteiger partial charge in [-0.2, -0.15) is 0 Å². The van der Waals surface area contributed by atoms with Crippen LogP contribution < -0.4 is 11.1 Å². The fourth-order valence-electron chi connectivity index (χ4n) is 1.68. The molecule has 1 amide bonds. The molecule has 2 aromatic rings. The largest absolute Gasteiger partial charge is 0.399 e. The van der Waals surface area contributed by atoms with Crippen molar-refractivity contribution in [1.29, 1.82) is 0 Å². The first-order valence-electron chi connectivity index (χ1n) is 5.79. The van der Waals surface area contributed by atoms with Crippen LogP contribution in [0.25, 0.3) is 10.9 Å². The van der Waals surface area contributed by atoms with Gasteiger partial charge in [-0.25, -0.2) is 0 Å². The zero-order chi connectivity index (χ0) is 12.4. The lowest BCUT2D eigenvalue weighted by Gasteiger charge is -2.09. The van der Waals surface area contributed by atoms with E-state index in [1.54, 1.807) is 0 Å². The molecule has 4 heteroatoms. The number of aromatic amines is 1. The number of hydrogen-bond donors (Lipinski definition) is 3. The summed E-state index contributed by atoms with van der Waals surface area (Å²) in [5.41, 5.74) is 7.90. The van der Waals surface area contributed by atoms with Crippen molar-refractivity contribution in [2.45, 2.75) is 26.3 Å². The van der Waals surface area contributed by atoms with Gasteiger partial charge in [0.1, 0.15) is 5.69 Å². The number of benzene rings is 1. The molecule has 4 N–H and O–H groups in total. The maximum atomic E-state index is 11.9. The maximum absolute atomic E-state index is 11.9. The zero-order valence-corrected chi connectivity index (χ0v) is 10.1. The van der Waals surface area contributed by atoms with Crippen LogP contribution in [0.15, 0.2) is 24.3 Å². The summed E-state index contributed by atoms with van der Waals surface area (Å²) < 4.78 is 0. The highest BCUT2D eigenvalue weighted by Gasteiger charge is 2.11. The number of nitrogen functional groups attached to an aromatic ring is 1. The molecule has 90 valence electrons. The molecule has 0 bridgehead atoms. The van der Waals surface area contributed by atoms with Crippen molar-refractivity contribution in [3.63, 3.8) is 0 Å². The lowest BCUT2D eigenvalue weighted by Crippen LogP contribution is -2.32. The Hall–Kier alpha value is -1.97. The topological polar surface area (TPSA) is 70.9 Å². The van der Waals surface area contributed by atoms with Gasteiger partial charge in [0, 0.05) is 22.6 Å². The van der Waals surface area contributed by atoms with Gasteiger partial charge in [-0.05, 0) is 37.6 Å². The predicted octanol–water partition coefficient (Wildman–Crippen LogP) is 2.28. The third kappa shape index (κ3) is 2.41.